The standard InChI is InChI=1S/C19H17ClN4O3S/c1-12-3-6-14(7-4-12)28(25,26)24-10-15(16-8-5-13(27-2)9-21-16)17-18(20)22-11-23-19(17)24/h3-11,17,19H,1-2H3. The number of hydrogen-bond donors (Lipinski definition) is 0. The normalized spacial score (nSPS) is 21.2. The fraction of sp³-hybridized carbons (Fsp3) is 0.211. The van der Waals surface area contributed by atoms with Crippen molar-refractivity contribution in [2.45, 2.75) is 18.0 Å². The van der Waals surface area contributed by atoms with Gasteiger partial charge in [-0.05, 0) is 31.2 Å². The van der Waals surface area contributed by atoms with Crippen molar-refractivity contribution in [3.63, 3.8) is 0 Å². The Morgan fingerprint density at radius 1 is 1.14 bits per heavy atom. The Balaban J connectivity index is 1.80. The van der Waals surface area contributed by atoms with Crippen LogP contribution < -0.4 is 4.74 Å². The number of hydrogen-bond acceptors (Lipinski definition) is 6. The van der Waals surface area contributed by atoms with Crippen LogP contribution in [0.15, 0.2) is 63.7 Å². The van der Waals surface area contributed by atoms with Crippen molar-refractivity contribution in [2.24, 2.45) is 15.9 Å². The third-order valence-electron chi connectivity index (χ3n) is 4.68. The molecule has 0 aliphatic carbocycles. The van der Waals surface area contributed by atoms with Crippen molar-refractivity contribution >= 4 is 38.7 Å². The maximum Gasteiger partial charge on any atom is 0.265 e. The molecule has 0 radical (unpaired) electrons. The van der Waals surface area contributed by atoms with Crippen LogP contribution in [0.25, 0.3) is 5.57 Å². The number of aryl methyl sites for hydroxylation is 1. The molecular formula is C19H17ClN4O3S. The minimum absolute atomic E-state index is 0.186. The number of halogens is 1. The summed E-state index contributed by atoms with van der Waals surface area (Å²) in [6.07, 6.45) is 3.66. The SMILES string of the molecule is COc1ccc(C2=CN(S(=O)(=O)c3ccc(C)cc3)C3N=CN=C(Cl)C23)nc1. The van der Waals surface area contributed by atoms with Crippen LogP contribution in [0, 0.1) is 12.8 Å². The Bertz CT molecular complexity index is 1090. The van der Waals surface area contributed by atoms with Gasteiger partial charge in [-0.25, -0.2) is 22.7 Å². The van der Waals surface area contributed by atoms with E-state index in [9.17, 15) is 8.42 Å². The van der Waals surface area contributed by atoms with E-state index in [1.165, 1.54) is 10.6 Å². The summed E-state index contributed by atoms with van der Waals surface area (Å²) in [6.45, 7) is 1.90. The zero-order chi connectivity index (χ0) is 19.9. The maximum atomic E-state index is 13.3. The number of rotatable bonds is 4. The lowest BCUT2D eigenvalue weighted by Crippen LogP contribution is -2.38. The maximum absolute atomic E-state index is 13.3. The van der Waals surface area contributed by atoms with Crippen LogP contribution in [0.1, 0.15) is 11.3 Å². The highest BCUT2D eigenvalue weighted by Gasteiger charge is 2.45. The Hall–Kier alpha value is -2.71. The molecule has 7 nitrogen and oxygen atoms in total. The Morgan fingerprint density at radius 2 is 1.89 bits per heavy atom. The van der Waals surface area contributed by atoms with Gasteiger partial charge in [0.2, 0.25) is 0 Å². The van der Waals surface area contributed by atoms with Gasteiger partial charge in [0.25, 0.3) is 10.0 Å². The average Bonchev–Trinajstić information content (AvgIpc) is 3.10. The number of pyridine rings is 1. The fourth-order valence-corrected chi connectivity index (χ4v) is 4.89. The lowest BCUT2D eigenvalue weighted by molar-refractivity contribution is 0.409. The van der Waals surface area contributed by atoms with E-state index in [1.54, 1.807) is 55.9 Å². The highest BCUT2D eigenvalue weighted by molar-refractivity contribution is 7.89. The van der Waals surface area contributed by atoms with E-state index in [0.717, 1.165) is 5.56 Å². The van der Waals surface area contributed by atoms with Gasteiger partial charge in [0, 0.05) is 11.8 Å². The molecule has 2 aliphatic rings. The first-order valence-corrected chi connectivity index (χ1v) is 10.3. The molecule has 3 heterocycles. The molecular weight excluding hydrogens is 400 g/mol. The first-order valence-electron chi connectivity index (χ1n) is 8.49. The quantitative estimate of drug-likeness (QED) is 0.766. The third-order valence-corrected chi connectivity index (χ3v) is 6.76. The summed E-state index contributed by atoms with van der Waals surface area (Å²) in [5.74, 6) is 0.0808. The van der Waals surface area contributed by atoms with Crippen molar-refractivity contribution in [2.75, 3.05) is 7.11 Å². The number of methoxy groups -OCH3 is 1. The fourth-order valence-electron chi connectivity index (χ4n) is 3.18. The second-order valence-electron chi connectivity index (χ2n) is 6.42. The molecule has 0 fully saturated rings. The van der Waals surface area contributed by atoms with Crippen LogP contribution in [-0.4, -0.2) is 42.5 Å². The number of aliphatic imine (C=N–C) groups is 2. The van der Waals surface area contributed by atoms with E-state index in [4.69, 9.17) is 16.3 Å². The molecule has 9 heteroatoms. The summed E-state index contributed by atoms with van der Waals surface area (Å²) < 4.78 is 32.9. The summed E-state index contributed by atoms with van der Waals surface area (Å²) >= 11 is 6.35. The highest BCUT2D eigenvalue weighted by atomic mass is 35.5. The second kappa shape index (κ2) is 7.03. The van der Waals surface area contributed by atoms with Gasteiger partial charge in [0.15, 0.2) is 6.17 Å². The zero-order valence-corrected chi connectivity index (χ0v) is 16.7. The molecule has 1 aromatic heterocycles. The molecule has 0 amide bonds. The van der Waals surface area contributed by atoms with Crippen LogP contribution in [0.4, 0.5) is 0 Å². The average molecular weight is 417 g/mol. The molecule has 0 N–H and O–H groups in total. The van der Waals surface area contributed by atoms with Gasteiger partial charge in [-0.1, -0.05) is 29.3 Å². The molecule has 144 valence electrons. The van der Waals surface area contributed by atoms with Crippen LogP contribution in [-0.2, 0) is 10.0 Å². The van der Waals surface area contributed by atoms with E-state index in [0.29, 0.717) is 17.0 Å². The molecule has 1 aromatic carbocycles. The molecule has 2 aliphatic heterocycles. The van der Waals surface area contributed by atoms with Crippen molar-refractivity contribution in [1.29, 1.82) is 0 Å². The number of aromatic nitrogens is 1. The third kappa shape index (κ3) is 3.08. The summed E-state index contributed by atoms with van der Waals surface area (Å²) in [5, 5.41) is 0.269. The van der Waals surface area contributed by atoms with Crippen molar-refractivity contribution in [1.82, 2.24) is 9.29 Å². The molecule has 2 aromatic rings. The number of benzene rings is 1. The topological polar surface area (TPSA) is 84.2 Å². The van der Waals surface area contributed by atoms with E-state index in [2.05, 4.69) is 15.0 Å². The molecule has 2 atom stereocenters. The molecule has 0 saturated carbocycles. The minimum atomic E-state index is -3.83. The van der Waals surface area contributed by atoms with E-state index >= 15 is 0 Å². The number of nitrogens with zero attached hydrogens (tertiary/aromatic N) is 4. The van der Waals surface area contributed by atoms with Crippen LogP contribution >= 0.6 is 11.6 Å². The van der Waals surface area contributed by atoms with Gasteiger partial charge in [-0.15, -0.1) is 0 Å². The highest BCUT2D eigenvalue weighted by Crippen LogP contribution is 2.41. The molecule has 0 bridgehead atoms. The van der Waals surface area contributed by atoms with Gasteiger partial charge in [-0.2, -0.15) is 0 Å². The molecule has 0 saturated heterocycles. The molecule has 0 spiro atoms. The lowest BCUT2D eigenvalue weighted by atomic mass is 9.97. The van der Waals surface area contributed by atoms with Gasteiger partial charge in [-0.3, -0.25) is 4.98 Å². The first kappa shape index (κ1) is 18.6. The van der Waals surface area contributed by atoms with Gasteiger partial charge in [0.05, 0.1) is 29.8 Å². The Morgan fingerprint density at radius 3 is 2.54 bits per heavy atom. The zero-order valence-electron chi connectivity index (χ0n) is 15.2. The second-order valence-corrected chi connectivity index (χ2v) is 8.65. The van der Waals surface area contributed by atoms with Crippen molar-refractivity contribution < 1.29 is 13.2 Å². The summed E-state index contributed by atoms with van der Waals surface area (Å²) in [4.78, 5) is 12.9. The summed E-state index contributed by atoms with van der Waals surface area (Å²) in [5.41, 5.74) is 2.19. The molecule has 2 unspecified atom stereocenters. The van der Waals surface area contributed by atoms with E-state index in [-0.39, 0.29) is 10.1 Å². The van der Waals surface area contributed by atoms with Crippen molar-refractivity contribution in [3.8, 4) is 5.75 Å². The molecule has 4 rings (SSSR count). The number of sulfonamides is 1. The van der Waals surface area contributed by atoms with Gasteiger partial charge >= 0.3 is 0 Å². The van der Waals surface area contributed by atoms with E-state index in [1.807, 2.05) is 6.92 Å². The van der Waals surface area contributed by atoms with Crippen LogP contribution in [0.2, 0.25) is 0 Å². The summed E-state index contributed by atoms with van der Waals surface area (Å²) in [7, 11) is -2.27. The predicted octanol–water partition coefficient (Wildman–Crippen LogP) is 3.07. The Kier molecular flexibility index (Phi) is 4.68. The Labute approximate surface area is 168 Å². The predicted molar refractivity (Wildman–Crippen MR) is 108 cm³/mol. The van der Waals surface area contributed by atoms with Crippen LogP contribution in [0.5, 0.6) is 5.75 Å². The first-order chi connectivity index (χ1) is 13.4. The number of ether oxygens (including phenoxy) is 1. The lowest BCUT2D eigenvalue weighted by Gasteiger charge is -2.27. The van der Waals surface area contributed by atoms with E-state index < -0.39 is 22.1 Å². The minimum Gasteiger partial charge on any atom is -0.495 e. The van der Waals surface area contributed by atoms with Gasteiger partial charge in [0.1, 0.15) is 17.3 Å². The molecule has 28 heavy (non-hydrogen) atoms. The van der Waals surface area contributed by atoms with Crippen molar-refractivity contribution in [3.05, 3.63) is 60.1 Å². The largest absolute Gasteiger partial charge is 0.495 e. The smallest absolute Gasteiger partial charge is 0.265 e. The summed E-state index contributed by atoms with van der Waals surface area (Å²) in [6, 6.07) is 10.2. The van der Waals surface area contributed by atoms with Gasteiger partial charge < -0.3 is 4.74 Å². The monoisotopic (exact) mass is 416 g/mol. The van der Waals surface area contributed by atoms with Crippen LogP contribution in [0.3, 0.4) is 0 Å². The number of fused-ring (bicyclic) bond motifs is 1.